The third-order valence-corrected chi connectivity index (χ3v) is 4.01. The van der Waals surface area contributed by atoms with Gasteiger partial charge in [0.25, 0.3) is 0 Å². The minimum absolute atomic E-state index is 0.194. The van der Waals surface area contributed by atoms with Gasteiger partial charge in [-0.25, -0.2) is 0 Å². The number of aryl methyl sites for hydroxylation is 1. The van der Waals surface area contributed by atoms with E-state index in [0.717, 1.165) is 18.7 Å². The highest BCUT2D eigenvalue weighted by Crippen LogP contribution is 2.23. The second kappa shape index (κ2) is 6.15. The molecule has 0 fully saturated rings. The van der Waals surface area contributed by atoms with Crippen molar-refractivity contribution in [3.63, 3.8) is 0 Å². The molecule has 1 atom stereocenters. The van der Waals surface area contributed by atoms with Crippen LogP contribution >= 0.6 is 11.6 Å². The second-order valence-corrected chi connectivity index (χ2v) is 6.74. The van der Waals surface area contributed by atoms with Crippen molar-refractivity contribution < 1.29 is 0 Å². The van der Waals surface area contributed by atoms with Gasteiger partial charge in [-0.3, -0.25) is 4.68 Å². The lowest BCUT2D eigenvalue weighted by Crippen LogP contribution is -2.40. The smallest absolute Gasteiger partial charge is 0.0841 e. The van der Waals surface area contributed by atoms with Gasteiger partial charge in [-0.2, -0.15) is 5.10 Å². The van der Waals surface area contributed by atoms with E-state index in [1.807, 2.05) is 17.8 Å². The molecule has 0 amide bonds. The number of nitrogens with one attached hydrogen (secondary N) is 1. The summed E-state index contributed by atoms with van der Waals surface area (Å²) in [5.41, 5.74) is 2.47. The summed E-state index contributed by atoms with van der Waals surface area (Å²) < 4.78 is 1.94. The molecule has 0 bridgehead atoms. The summed E-state index contributed by atoms with van der Waals surface area (Å²) >= 11 is 5.92. The summed E-state index contributed by atoms with van der Waals surface area (Å²) in [4.78, 5) is 0. The van der Waals surface area contributed by atoms with E-state index in [1.165, 1.54) is 10.9 Å². The molecule has 20 heavy (non-hydrogen) atoms. The van der Waals surface area contributed by atoms with Crippen molar-refractivity contribution in [2.75, 3.05) is 5.88 Å². The van der Waals surface area contributed by atoms with Gasteiger partial charge in [0.1, 0.15) is 0 Å². The summed E-state index contributed by atoms with van der Waals surface area (Å²) in [5.74, 6) is 0.678. The largest absolute Gasteiger partial charge is 0.308 e. The minimum atomic E-state index is 0.194. The van der Waals surface area contributed by atoms with Crippen LogP contribution in [0.3, 0.4) is 0 Å². The Labute approximate surface area is 126 Å². The monoisotopic (exact) mass is 293 g/mol. The van der Waals surface area contributed by atoms with Gasteiger partial charge in [0, 0.05) is 30.9 Å². The molecule has 1 unspecified atom stereocenters. The van der Waals surface area contributed by atoms with Gasteiger partial charge in [-0.15, -0.1) is 11.6 Å². The van der Waals surface area contributed by atoms with E-state index in [-0.39, 0.29) is 5.41 Å². The normalized spacial score (nSPS) is 13.8. The number of hydrogen-bond donors (Lipinski definition) is 1. The summed E-state index contributed by atoms with van der Waals surface area (Å²) in [6.07, 6.45) is 0.968. The van der Waals surface area contributed by atoms with Crippen LogP contribution in [0.25, 0.3) is 10.9 Å². The molecule has 3 nitrogen and oxygen atoms in total. The number of halogens is 1. The van der Waals surface area contributed by atoms with Gasteiger partial charge in [-0.1, -0.05) is 39.0 Å². The minimum Gasteiger partial charge on any atom is -0.308 e. The van der Waals surface area contributed by atoms with Gasteiger partial charge >= 0.3 is 0 Å². The maximum absolute atomic E-state index is 5.92. The molecule has 1 heterocycles. The molecule has 0 spiro atoms. The summed E-state index contributed by atoms with van der Waals surface area (Å²) in [6, 6.07) is 8.74. The number of aromatic nitrogens is 2. The highest BCUT2D eigenvalue weighted by Gasteiger charge is 2.24. The Morgan fingerprint density at radius 1 is 1.30 bits per heavy atom. The lowest BCUT2D eigenvalue weighted by molar-refractivity contribution is 0.260. The Kier molecular flexibility index (Phi) is 4.71. The average molecular weight is 294 g/mol. The number of fused-ring (bicyclic) bond motifs is 1. The Hall–Kier alpha value is -1.06. The van der Waals surface area contributed by atoms with Crippen LogP contribution in [0.1, 0.15) is 32.9 Å². The summed E-state index contributed by atoms with van der Waals surface area (Å²) in [6.45, 7) is 7.51. The zero-order chi connectivity index (χ0) is 14.8. The quantitative estimate of drug-likeness (QED) is 0.852. The molecule has 0 aliphatic rings. The van der Waals surface area contributed by atoms with Crippen LogP contribution in [0.2, 0.25) is 0 Å². The first kappa shape index (κ1) is 15.3. The van der Waals surface area contributed by atoms with Crippen molar-refractivity contribution in [1.82, 2.24) is 15.1 Å². The van der Waals surface area contributed by atoms with Crippen LogP contribution in [0.5, 0.6) is 0 Å². The van der Waals surface area contributed by atoms with Crippen molar-refractivity contribution in [1.29, 1.82) is 0 Å². The predicted molar refractivity (Wildman–Crippen MR) is 86.1 cm³/mol. The number of hydrogen-bond acceptors (Lipinski definition) is 2. The highest BCUT2D eigenvalue weighted by atomic mass is 35.5. The number of rotatable bonds is 5. The Bertz CT molecular complexity index is 569. The van der Waals surface area contributed by atoms with E-state index >= 15 is 0 Å². The van der Waals surface area contributed by atoms with Crippen LogP contribution in [0.15, 0.2) is 24.3 Å². The molecule has 1 N–H and O–H groups in total. The second-order valence-electron chi connectivity index (χ2n) is 6.36. The van der Waals surface area contributed by atoms with E-state index in [2.05, 4.69) is 49.4 Å². The highest BCUT2D eigenvalue weighted by molar-refractivity contribution is 6.17. The lowest BCUT2D eigenvalue weighted by Gasteiger charge is -2.31. The Balaban J connectivity index is 2.16. The van der Waals surface area contributed by atoms with E-state index < -0.39 is 0 Å². The molecule has 110 valence electrons. The van der Waals surface area contributed by atoms with E-state index in [4.69, 9.17) is 11.6 Å². The van der Waals surface area contributed by atoms with E-state index in [9.17, 15) is 0 Å². The molecule has 1 aromatic heterocycles. The van der Waals surface area contributed by atoms with Crippen molar-refractivity contribution in [2.45, 2.75) is 39.8 Å². The lowest BCUT2D eigenvalue weighted by atomic mass is 9.85. The van der Waals surface area contributed by atoms with Gasteiger partial charge in [-0.05, 0) is 17.9 Å². The van der Waals surface area contributed by atoms with Crippen LogP contribution in [0.4, 0.5) is 0 Å². The van der Waals surface area contributed by atoms with Crippen molar-refractivity contribution in [3.05, 3.63) is 30.0 Å². The van der Waals surface area contributed by atoms with Crippen molar-refractivity contribution in [3.8, 4) is 0 Å². The molecule has 4 heteroatoms. The van der Waals surface area contributed by atoms with Crippen molar-refractivity contribution in [2.24, 2.45) is 12.5 Å². The van der Waals surface area contributed by atoms with Crippen LogP contribution in [-0.2, 0) is 13.6 Å². The molecule has 0 saturated carbocycles. The number of nitrogens with zero attached hydrogens (tertiary/aromatic N) is 2. The van der Waals surface area contributed by atoms with Crippen molar-refractivity contribution >= 4 is 22.5 Å². The van der Waals surface area contributed by atoms with Crippen LogP contribution < -0.4 is 5.32 Å². The van der Waals surface area contributed by atoms with Gasteiger partial charge in [0.2, 0.25) is 0 Å². The van der Waals surface area contributed by atoms with Gasteiger partial charge < -0.3 is 5.32 Å². The van der Waals surface area contributed by atoms with Crippen LogP contribution in [-0.4, -0.2) is 21.7 Å². The molecular weight excluding hydrogens is 270 g/mol. The molecule has 0 aliphatic carbocycles. The molecule has 1 aromatic carbocycles. The first-order valence-corrected chi connectivity index (χ1v) is 7.67. The zero-order valence-corrected chi connectivity index (χ0v) is 13.5. The predicted octanol–water partition coefficient (Wildman–Crippen LogP) is 3.71. The van der Waals surface area contributed by atoms with Gasteiger partial charge in [0.15, 0.2) is 0 Å². The number of para-hydroxylation sites is 1. The molecule has 2 rings (SSSR count). The Morgan fingerprint density at radius 2 is 2.00 bits per heavy atom. The number of benzene rings is 1. The van der Waals surface area contributed by atoms with Crippen LogP contribution in [0, 0.1) is 5.41 Å². The first-order valence-electron chi connectivity index (χ1n) is 7.13. The standard InChI is InChI=1S/C16H24ClN3/c1-16(2,3)15(9-10-17)18-11-13-12-7-5-6-8-14(12)20(4)19-13/h5-8,15,18H,9-11H2,1-4H3. The molecule has 0 radical (unpaired) electrons. The maximum atomic E-state index is 5.92. The zero-order valence-electron chi connectivity index (χ0n) is 12.8. The fourth-order valence-corrected chi connectivity index (χ4v) is 2.81. The molecule has 2 aromatic rings. The third kappa shape index (κ3) is 3.33. The van der Waals surface area contributed by atoms with E-state index in [1.54, 1.807) is 0 Å². The average Bonchev–Trinajstić information content (AvgIpc) is 2.71. The Morgan fingerprint density at radius 3 is 2.65 bits per heavy atom. The SMILES string of the molecule is Cn1nc(CNC(CCCl)C(C)(C)C)c2ccccc21. The summed E-state index contributed by atoms with van der Waals surface area (Å²) in [5, 5.41) is 9.47. The van der Waals surface area contributed by atoms with Gasteiger partial charge in [0.05, 0.1) is 11.2 Å². The van der Waals surface area contributed by atoms with E-state index in [0.29, 0.717) is 11.9 Å². The first-order chi connectivity index (χ1) is 9.43. The molecule has 0 aliphatic heterocycles. The topological polar surface area (TPSA) is 29.9 Å². The fourth-order valence-electron chi connectivity index (χ4n) is 2.59. The third-order valence-electron chi connectivity index (χ3n) is 3.79. The summed E-state index contributed by atoms with van der Waals surface area (Å²) in [7, 11) is 1.99. The fraction of sp³-hybridized carbons (Fsp3) is 0.562. The molecule has 0 saturated heterocycles. The molecular formula is C16H24ClN3. The maximum Gasteiger partial charge on any atom is 0.0841 e. The number of alkyl halides is 1.